The van der Waals surface area contributed by atoms with Gasteiger partial charge in [-0.05, 0) is 75.8 Å². The van der Waals surface area contributed by atoms with Gasteiger partial charge in [-0.25, -0.2) is 4.79 Å². The number of nitrogens with zero attached hydrogens (tertiary/aromatic N) is 1. The van der Waals surface area contributed by atoms with Crippen LogP contribution in [0.2, 0.25) is 0 Å². The first-order valence-corrected chi connectivity index (χ1v) is 11.4. The van der Waals surface area contributed by atoms with Crippen molar-refractivity contribution in [3.63, 3.8) is 0 Å². The maximum atomic E-state index is 13.3. The molecule has 0 spiro atoms. The summed E-state index contributed by atoms with van der Waals surface area (Å²) in [5, 5.41) is 14.4. The molecule has 1 heterocycles. The molecule has 0 aliphatic heterocycles. The van der Waals surface area contributed by atoms with Crippen LogP contribution < -0.4 is 10.2 Å². The minimum atomic E-state index is -0.189. The third kappa shape index (κ3) is 4.09. The van der Waals surface area contributed by atoms with Gasteiger partial charge in [0, 0.05) is 17.0 Å². The monoisotopic (exact) mass is 376 g/mol. The fraction of sp³-hybridized carbons (Fsp3) is 0.762. The summed E-state index contributed by atoms with van der Waals surface area (Å²) in [5.41, 5.74) is 1.46. The number of hydrogen-bond donors (Lipinski definition) is 2. The number of aryl methyl sites for hydroxylation is 2. The molecule has 3 aliphatic rings. The van der Waals surface area contributed by atoms with E-state index in [1.165, 1.54) is 49.0 Å². The van der Waals surface area contributed by atoms with Gasteiger partial charge in [-0.3, -0.25) is 4.90 Å². The fourth-order valence-electron chi connectivity index (χ4n) is 4.85. The van der Waals surface area contributed by atoms with Crippen molar-refractivity contribution in [1.29, 1.82) is 0 Å². The Hall–Kier alpha value is -1.07. The molecule has 5 heteroatoms. The lowest BCUT2D eigenvalue weighted by Crippen LogP contribution is -2.51. The Bertz CT molecular complexity index is 592. The Morgan fingerprint density at radius 1 is 1.00 bits per heavy atom. The Morgan fingerprint density at radius 3 is 2.46 bits per heavy atom. The SMILES string of the molecule is O=C(NC1CCCCC1)N(c1cc2c(s1)CCCC2)C1CCC(O)CC1. The summed E-state index contributed by atoms with van der Waals surface area (Å²) in [7, 11) is 0. The normalized spacial score (nSPS) is 27.0. The number of carbonyl (C=O) groups is 1. The van der Waals surface area contributed by atoms with Crippen LogP contribution in [0.15, 0.2) is 6.07 Å². The van der Waals surface area contributed by atoms with Gasteiger partial charge in [0.05, 0.1) is 11.1 Å². The second-order valence-corrected chi connectivity index (χ2v) is 9.47. The Kier molecular flexibility index (Phi) is 5.84. The van der Waals surface area contributed by atoms with Crippen molar-refractivity contribution in [2.24, 2.45) is 0 Å². The molecule has 0 saturated heterocycles. The van der Waals surface area contributed by atoms with Crippen LogP contribution in [-0.2, 0) is 12.8 Å². The molecule has 2 amide bonds. The number of thiophene rings is 1. The van der Waals surface area contributed by atoms with Crippen LogP contribution in [-0.4, -0.2) is 29.3 Å². The zero-order valence-corrected chi connectivity index (χ0v) is 16.5. The molecule has 0 radical (unpaired) electrons. The van der Waals surface area contributed by atoms with E-state index < -0.39 is 0 Å². The Labute approximate surface area is 161 Å². The largest absolute Gasteiger partial charge is 0.393 e. The summed E-state index contributed by atoms with van der Waals surface area (Å²) in [6, 6.07) is 2.94. The molecular weight excluding hydrogens is 344 g/mol. The minimum absolute atomic E-state index is 0.0943. The summed E-state index contributed by atoms with van der Waals surface area (Å²) in [4.78, 5) is 16.8. The van der Waals surface area contributed by atoms with Crippen LogP contribution in [0.3, 0.4) is 0 Å². The van der Waals surface area contributed by atoms with Crippen molar-refractivity contribution >= 4 is 22.4 Å². The summed E-state index contributed by atoms with van der Waals surface area (Å²) in [6.07, 6.45) is 14.1. The van der Waals surface area contributed by atoms with E-state index >= 15 is 0 Å². The van der Waals surface area contributed by atoms with E-state index in [1.807, 2.05) is 11.3 Å². The fourth-order valence-corrected chi connectivity index (χ4v) is 6.17. The second-order valence-electron chi connectivity index (χ2n) is 8.36. The Morgan fingerprint density at radius 2 is 1.73 bits per heavy atom. The van der Waals surface area contributed by atoms with E-state index in [-0.39, 0.29) is 18.2 Å². The maximum absolute atomic E-state index is 13.3. The lowest BCUT2D eigenvalue weighted by molar-refractivity contribution is 0.122. The number of fused-ring (bicyclic) bond motifs is 1. The summed E-state index contributed by atoms with van der Waals surface area (Å²) < 4.78 is 0. The zero-order chi connectivity index (χ0) is 17.9. The average Bonchev–Trinajstić information content (AvgIpc) is 3.08. The average molecular weight is 377 g/mol. The predicted octanol–water partition coefficient (Wildman–Crippen LogP) is 4.78. The molecule has 144 valence electrons. The van der Waals surface area contributed by atoms with Gasteiger partial charge in [0.2, 0.25) is 0 Å². The lowest BCUT2D eigenvalue weighted by atomic mass is 9.92. The van der Waals surface area contributed by atoms with Gasteiger partial charge >= 0.3 is 6.03 Å². The molecule has 2 N–H and O–H groups in total. The second kappa shape index (κ2) is 8.30. The van der Waals surface area contributed by atoms with Crippen LogP contribution in [0.25, 0.3) is 0 Å². The molecule has 2 fully saturated rings. The topological polar surface area (TPSA) is 52.6 Å². The zero-order valence-electron chi connectivity index (χ0n) is 15.7. The van der Waals surface area contributed by atoms with Crippen LogP contribution in [0, 0.1) is 0 Å². The van der Waals surface area contributed by atoms with Crippen molar-refractivity contribution in [3.05, 3.63) is 16.5 Å². The number of hydrogen-bond acceptors (Lipinski definition) is 3. The van der Waals surface area contributed by atoms with Crippen LogP contribution in [0.5, 0.6) is 0 Å². The first-order valence-electron chi connectivity index (χ1n) is 10.6. The van der Waals surface area contributed by atoms with Gasteiger partial charge in [0.1, 0.15) is 0 Å². The Balaban J connectivity index is 1.54. The van der Waals surface area contributed by atoms with Crippen LogP contribution in [0.1, 0.15) is 81.1 Å². The molecule has 0 atom stereocenters. The maximum Gasteiger partial charge on any atom is 0.322 e. The lowest BCUT2D eigenvalue weighted by Gasteiger charge is -2.36. The number of rotatable bonds is 3. The van der Waals surface area contributed by atoms with Gasteiger partial charge in [0.25, 0.3) is 0 Å². The molecule has 0 aromatic carbocycles. The standard InChI is InChI=1S/C21H32N2O2S/c24-18-12-10-17(11-13-18)23(21(25)22-16-7-2-1-3-8-16)20-14-15-6-4-5-9-19(15)26-20/h14,16-18,24H,1-13H2,(H,22,25). The van der Waals surface area contributed by atoms with E-state index in [4.69, 9.17) is 0 Å². The van der Waals surface area contributed by atoms with Gasteiger partial charge in [-0.2, -0.15) is 0 Å². The molecule has 3 aliphatic carbocycles. The number of anilines is 1. The number of amides is 2. The first kappa shape index (κ1) is 18.3. The highest BCUT2D eigenvalue weighted by atomic mass is 32.1. The number of carbonyl (C=O) groups excluding carboxylic acids is 1. The smallest absolute Gasteiger partial charge is 0.322 e. The number of aliphatic hydroxyl groups excluding tert-OH is 1. The first-order chi connectivity index (χ1) is 12.7. The summed E-state index contributed by atoms with van der Waals surface area (Å²) >= 11 is 1.83. The molecule has 4 rings (SSSR count). The molecule has 2 saturated carbocycles. The van der Waals surface area contributed by atoms with Gasteiger partial charge in [0.15, 0.2) is 0 Å². The molecule has 0 unspecified atom stereocenters. The summed E-state index contributed by atoms with van der Waals surface area (Å²) in [6.45, 7) is 0. The highest BCUT2D eigenvalue weighted by Gasteiger charge is 2.32. The quantitative estimate of drug-likeness (QED) is 0.798. The third-order valence-corrected chi connectivity index (χ3v) is 7.64. The molecule has 4 nitrogen and oxygen atoms in total. The highest BCUT2D eigenvalue weighted by molar-refractivity contribution is 7.16. The van der Waals surface area contributed by atoms with Crippen molar-refractivity contribution in [1.82, 2.24) is 5.32 Å². The predicted molar refractivity (Wildman–Crippen MR) is 107 cm³/mol. The molecule has 0 bridgehead atoms. The highest BCUT2D eigenvalue weighted by Crippen LogP contribution is 2.38. The van der Waals surface area contributed by atoms with E-state index in [0.717, 1.165) is 49.9 Å². The molecule has 1 aromatic heterocycles. The molecule has 1 aromatic rings. The van der Waals surface area contributed by atoms with Crippen LogP contribution >= 0.6 is 11.3 Å². The number of nitrogens with one attached hydrogen (secondary N) is 1. The molecular formula is C21H32N2O2S. The van der Waals surface area contributed by atoms with Gasteiger partial charge in [-0.15, -0.1) is 11.3 Å². The van der Waals surface area contributed by atoms with Gasteiger partial charge < -0.3 is 10.4 Å². The van der Waals surface area contributed by atoms with E-state index in [9.17, 15) is 9.90 Å². The van der Waals surface area contributed by atoms with E-state index in [0.29, 0.717) is 6.04 Å². The van der Waals surface area contributed by atoms with E-state index in [2.05, 4.69) is 16.3 Å². The van der Waals surface area contributed by atoms with Crippen molar-refractivity contribution in [2.45, 2.75) is 102 Å². The van der Waals surface area contributed by atoms with Crippen molar-refractivity contribution < 1.29 is 9.90 Å². The summed E-state index contributed by atoms with van der Waals surface area (Å²) in [5.74, 6) is 0. The van der Waals surface area contributed by atoms with Gasteiger partial charge in [-0.1, -0.05) is 19.3 Å². The van der Waals surface area contributed by atoms with Crippen molar-refractivity contribution in [3.8, 4) is 0 Å². The number of aliphatic hydroxyl groups is 1. The third-order valence-electron chi connectivity index (χ3n) is 6.40. The number of urea groups is 1. The van der Waals surface area contributed by atoms with Crippen LogP contribution in [0.4, 0.5) is 9.80 Å². The van der Waals surface area contributed by atoms with Crippen molar-refractivity contribution in [2.75, 3.05) is 4.90 Å². The minimum Gasteiger partial charge on any atom is -0.393 e. The molecule has 26 heavy (non-hydrogen) atoms. The van der Waals surface area contributed by atoms with E-state index in [1.54, 1.807) is 0 Å².